The van der Waals surface area contributed by atoms with Crippen LogP contribution in [-0.2, 0) is 11.8 Å². The van der Waals surface area contributed by atoms with E-state index < -0.39 is 0 Å². The summed E-state index contributed by atoms with van der Waals surface area (Å²) in [6, 6.07) is 0.206. The zero-order valence-corrected chi connectivity index (χ0v) is 14.3. The highest BCUT2D eigenvalue weighted by Gasteiger charge is 2.32. The van der Waals surface area contributed by atoms with Gasteiger partial charge in [-0.1, -0.05) is 13.8 Å². The molecule has 0 spiro atoms. The minimum Gasteiger partial charge on any atom is -0.339 e. The molecule has 2 atom stereocenters. The number of carbonyl (C=O) groups excluding carboxylic acids is 1. The van der Waals surface area contributed by atoms with E-state index in [0.29, 0.717) is 11.7 Å². The first-order valence-corrected chi connectivity index (χ1v) is 8.87. The van der Waals surface area contributed by atoms with Crippen molar-refractivity contribution in [3.63, 3.8) is 0 Å². The Kier molecular flexibility index (Phi) is 5.70. The van der Waals surface area contributed by atoms with E-state index in [1.54, 1.807) is 11.8 Å². The molecule has 0 saturated carbocycles. The molecule has 1 aliphatic heterocycles. The summed E-state index contributed by atoms with van der Waals surface area (Å²) < 4.78 is 2.06. The average molecular weight is 310 g/mol. The van der Waals surface area contributed by atoms with Gasteiger partial charge in [0, 0.05) is 50.7 Å². The number of thioether (sulfide) groups is 1. The second-order valence-corrected chi connectivity index (χ2v) is 6.91. The molecule has 1 aromatic heterocycles. The van der Waals surface area contributed by atoms with Gasteiger partial charge in [0.1, 0.15) is 5.82 Å². The average Bonchev–Trinajstić information content (AvgIpc) is 2.92. The molecule has 21 heavy (non-hydrogen) atoms. The Morgan fingerprint density at radius 1 is 1.52 bits per heavy atom. The molecule has 1 aromatic rings. The number of carbonyl (C=O) groups is 1. The molecule has 0 aromatic carbocycles. The van der Waals surface area contributed by atoms with Crippen LogP contribution in [0.5, 0.6) is 0 Å². The largest absolute Gasteiger partial charge is 0.339 e. The number of imidazole rings is 1. The van der Waals surface area contributed by atoms with Crippen LogP contribution in [0.2, 0.25) is 0 Å². The van der Waals surface area contributed by atoms with E-state index in [4.69, 9.17) is 0 Å². The molecule has 118 valence electrons. The van der Waals surface area contributed by atoms with Crippen molar-refractivity contribution < 1.29 is 4.79 Å². The van der Waals surface area contributed by atoms with Crippen LogP contribution in [0.15, 0.2) is 12.4 Å². The second kappa shape index (κ2) is 7.31. The molecule has 2 heterocycles. The van der Waals surface area contributed by atoms with Crippen LogP contribution in [-0.4, -0.2) is 62.9 Å². The van der Waals surface area contributed by atoms with Crippen molar-refractivity contribution in [2.24, 2.45) is 7.05 Å². The molecule has 0 unspecified atom stereocenters. The Morgan fingerprint density at radius 3 is 2.86 bits per heavy atom. The van der Waals surface area contributed by atoms with Crippen LogP contribution in [0, 0.1) is 0 Å². The van der Waals surface area contributed by atoms with Crippen LogP contribution in [0.25, 0.3) is 0 Å². The highest BCUT2D eigenvalue weighted by Crippen LogP contribution is 2.24. The van der Waals surface area contributed by atoms with Crippen LogP contribution >= 0.6 is 11.8 Å². The molecule has 1 amide bonds. The van der Waals surface area contributed by atoms with Gasteiger partial charge in [-0.05, 0) is 12.8 Å². The van der Waals surface area contributed by atoms with Crippen LogP contribution in [0.3, 0.4) is 0 Å². The van der Waals surface area contributed by atoms with E-state index in [2.05, 4.69) is 34.6 Å². The van der Waals surface area contributed by atoms with E-state index in [1.165, 1.54) is 0 Å². The Bertz CT molecular complexity index is 476. The predicted octanol–water partition coefficient (Wildman–Crippen LogP) is 1.77. The molecule has 1 saturated heterocycles. The highest BCUT2D eigenvalue weighted by molar-refractivity contribution is 7.99. The van der Waals surface area contributed by atoms with Crippen molar-refractivity contribution >= 4 is 17.7 Å². The summed E-state index contributed by atoms with van der Waals surface area (Å²) in [6.45, 7) is 7.77. The molecule has 0 aliphatic carbocycles. The number of hydrogen-bond acceptors (Lipinski definition) is 4. The normalized spacial score (nSPS) is 21.5. The lowest BCUT2D eigenvalue weighted by Gasteiger charge is -2.40. The van der Waals surface area contributed by atoms with Gasteiger partial charge in [0.15, 0.2) is 0 Å². The van der Waals surface area contributed by atoms with E-state index in [1.807, 2.05) is 24.3 Å². The van der Waals surface area contributed by atoms with Crippen LogP contribution < -0.4 is 0 Å². The van der Waals surface area contributed by atoms with Crippen LogP contribution in [0.4, 0.5) is 0 Å². The monoisotopic (exact) mass is 310 g/mol. The fourth-order valence-electron chi connectivity index (χ4n) is 2.83. The summed E-state index contributed by atoms with van der Waals surface area (Å²) >= 11 is 1.75. The number of likely N-dealkylation sites (N-methyl/N-ethyl adjacent to an activating group) is 1. The number of amides is 1. The van der Waals surface area contributed by atoms with Gasteiger partial charge in [-0.3, -0.25) is 9.69 Å². The third-order valence-electron chi connectivity index (χ3n) is 4.27. The SMILES string of the molecule is CCN1CCN(C(=O)C[C@H](C)SC)C[C@H]1c1nccn1C. The van der Waals surface area contributed by atoms with Gasteiger partial charge in [-0.15, -0.1) is 0 Å². The highest BCUT2D eigenvalue weighted by atomic mass is 32.2. The molecule has 0 radical (unpaired) electrons. The number of aryl methyl sites for hydroxylation is 1. The van der Waals surface area contributed by atoms with Crippen molar-refractivity contribution in [1.29, 1.82) is 0 Å². The Morgan fingerprint density at radius 2 is 2.29 bits per heavy atom. The fourth-order valence-corrected chi connectivity index (χ4v) is 3.14. The number of aromatic nitrogens is 2. The van der Waals surface area contributed by atoms with Crippen molar-refractivity contribution in [3.05, 3.63) is 18.2 Å². The van der Waals surface area contributed by atoms with Gasteiger partial charge >= 0.3 is 0 Å². The number of rotatable bonds is 5. The maximum absolute atomic E-state index is 12.4. The summed E-state index contributed by atoms with van der Waals surface area (Å²) in [6.07, 6.45) is 6.49. The first-order chi connectivity index (χ1) is 10.1. The van der Waals surface area contributed by atoms with Gasteiger partial charge in [0.05, 0.1) is 6.04 Å². The maximum atomic E-state index is 12.4. The fraction of sp³-hybridized carbons (Fsp3) is 0.733. The lowest BCUT2D eigenvalue weighted by molar-refractivity contribution is -0.134. The molecule has 1 aliphatic rings. The zero-order chi connectivity index (χ0) is 15.4. The lowest BCUT2D eigenvalue weighted by atomic mass is 10.1. The molecule has 2 rings (SSSR count). The third-order valence-corrected chi connectivity index (χ3v) is 5.24. The summed E-state index contributed by atoms with van der Waals surface area (Å²) in [5, 5.41) is 0.383. The standard InChI is InChI=1S/C15H26N4OS/c1-5-18-8-9-19(14(20)10-12(2)21-4)11-13(18)15-16-6-7-17(15)3/h6-7,12-13H,5,8-11H2,1-4H3/t12-,13-/m0/s1. The first kappa shape index (κ1) is 16.4. The van der Waals surface area contributed by atoms with E-state index in [9.17, 15) is 4.79 Å². The Hall–Kier alpha value is -1.01. The van der Waals surface area contributed by atoms with Gasteiger partial charge < -0.3 is 9.47 Å². The van der Waals surface area contributed by atoms with E-state index in [-0.39, 0.29) is 11.9 Å². The summed E-state index contributed by atoms with van der Waals surface area (Å²) in [7, 11) is 2.02. The van der Waals surface area contributed by atoms with Gasteiger partial charge in [-0.2, -0.15) is 11.8 Å². The first-order valence-electron chi connectivity index (χ1n) is 7.58. The Labute approximate surface area is 131 Å². The number of hydrogen-bond donors (Lipinski definition) is 0. The quantitative estimate of drug-likeness (QED) is 0.831. The zero-order valence-electron chi connectivity index (χ0n) is 13.5. The number of nitrogens with zero attached hydrogens (tertiary/aromatic N) is 4. The van der Waals surface area contributed by atoms with Gasteiger partial charge in [-0.25, -0.2) is 4.98 Å². The third kappa shape index (κ3) is 3.80. The smallest absolute Gasteiger partial charge is 0.223 e. The lowest BCUT2D eigenvalue weighted by Crippen LogP contribution is -2.51. The molecular weight excluding hydrogens is 284 g/mol. The minimum absolute atomic E-state index is 0.206. The van der Waals surface area contributed by atoms with E-state index >= 15 is 0 Å². The minimum atomic E-state index is 0.206. The van der Waals surface area contributed by atoms with Gasteiger partial charge in [0.25, 0.3) is 0 Å². The molecule has 0 bridgehead atoms. The number of piperazine rings is 1. The van der Waals surface area contributed by atoms with Crippen LogP contribution in [0.1, 0.15) is 32.1 Å². The van der Waals surface area contributed by atoms with Crippen molar-refractivity contribution in [3.8, 4) is 0 Å². The molecule has 6 heteroatoms. The van der Waals surface area contributed by atoms with Crippen molar-refractivity contribution in [2.45, 2.75) is 31.6 Å². The molecule has 5 nitrogen and oxygen atoms in total. The molecular formula is C15H26N4OS. The topological polar surface area (TPSA) is 41.4 Å². The van der Waals surface area contributed by atoms with Crippen molar-refractivity contribution in [1.82, 2.24) is 19.4 Å². The predicted molar refractivity (Wildman–Crippen MR) is 87.4 cm³/mol. The van der Waals surface area contributed by atoms with Gasteiger partial charge in [0.2, 0.25) is 5.91 Å². The van der Waals surface area contributed by atoms with E-state index in [0.717, 1.165) is 32.0 Å². The second-order valence-electron chi connectivity index (χ2n) is 5.63. The summed E-state index contributed by atoms with van der Waals surface area (Å²) in [5.41, 5.74) is 0. The summed E-state index contributed by atoms with van der Waals surface area (Å²) in [4.78, 5) is 21.3. The molecule has 0 N–H and O–H groups in total. The molecule has 1 fully saturated rings. The summed E-state index contributed by atoms with van der Waals surface area (Å²) in [5.74, 6) is 1.32. The Balaban J connectivity index is 2.08. The van der Waals surface area contributed by atoms with Crippen molar-refractivity contribution in [2.75, 3.05) is 32.4 Å². The maximum Gasteiger partial charge on any atom is 0.223 e.